The summed E-state index contributed by atoms with van der Waals surface area (Å²) < 4.78 is 18.1. The van der Waals surface area contributed by atoms with Crippen LogP contribution in [0.25, 0.3) is 0 Å². The number of hydrogen-bond donors (Lipinski definition) is 1. The van der Waals surface area contributed by atoms with Crippen LogP contribution < -0.4 is 19.3 Å². The number of nitrogens with zero attached hydrogens (tertiary/aromatic N) is 3. The molecular formula is C39H51N3O7. The number of rotatable bonds is 16. The summed E-state index contributed by atoms with van der Waals surface area (Å²) in [5.74, 6) is -1.22. The maximum Gasteiger partial charge on any atom is 0.253 e. The van der Waals surface area contributed by atoms with Gasteiger partial charge in [-0.15, -0.1) is 13.2 Å². The molecule has 0 radical (unpaired) electrons. The molecule has 0 aromatic heterocycles. The Morgan fingerprint density at radius 3 is 2.04 bits per heavy atom. The van der Waals surface area contributed by atoms with E-state index in [1.165, 1.54) is 0 Å². The number of fused-ring (bicyclic) bond motifs is 1. The van der Waals surface area contributed by atoms with Gasteiger partial charge in [0.25, 0.3) is 5.91 Å². The lowest BCUT2D eigenvalue weighted by atomic mass is 9.64. The molecule has 6 atom stereocenters. The highest BCUT2D eigenvalue weighted by molar-refractivity contribution is 6.07. The van der Waals surface area contributed by atoms with Gasteiger partial charge in [0.05, 0.1) is 43.8 Å². The molecule has 10 nitrogen and oxygen atoms in total. The fourth-order valence-electron chi connectivity index (χ4n) is 8.39. The van der Waals surface area contributed by atoms with Gasteiger partial charge in [0, 0.05) is 24.5 Å². The number of anilines is 2. The first-order valence-electron chi connectivity index (χ1n) is 17.4. The highest BCUT2D eigenvalue weighted by Crippen LogP contribution is 2.65. The van der Waals surface area contributed by atoms with Crippen LogP contribution in [0.2, 0.25) is 0 Å². The Labute approximate surface area is 290 Å². The summed E-state index contributed by atoms with van der Waals surface area (Å²) in [6.45, 7) is 16.3. The van der Waals surface area contributed by atoms with E-state index in [0.29, 0.717) is 55.2 Å². The molecule has 0 saturated carbocycles. The first kappa shape index (κ1) is 36.1. The molecule has 1 spiro atoms. The van der Waals surface area contributed by atoms with Gasteiger partial charge in [-0.05, 0) is 87.1 Å². The Balaban J connectivity index is 1.63. The van der Waals surface area contributed by atoms with Crippen molar-refractivity contribution < 1.29 is 33.7 Å². The minimum atomic E-state index is -1.26. The van der Waals surface area contributed by atoms with Crippen LogP contribution in [0, 0.1) is 17.8 Å². The summed E-state index contributed by atoms with van der Waals surface area (Å²) in [5, 5.41) is 10.8. The summed E-state index contributed by atoms with van der Waals surface area (Å²) in [6, 6.07) is 12.7. The molecule has 1 N–H and O–H groups in total. The van der Waals surface area contributed by atoms with E-state index in [4.69, 9.17) is 14.2 Å². The molecule has 10 heteroatoms. The molecule has 2 aromatic rings. The number of carbonyl (C=O) groups excluding carboxylic acids is 3. The second kappa shape index (κ2) is 14.8. The van der Waals surface area contributed by atoms with Crippen molar-refractivity contribution in [2.24, 2.45) is 17.8 Å². The third-order valence-corrected chi connectivity index (χ3v) is 10.5. The zero-order valence-electron chi connectivity index (χ0n) is 29.5. The molecule has 5 rings (SSSR count). The van der Waals surface area contributed by atoms with Crippen LogP contribution in [-0.2, 0) is 19.1 Å². The van der Waals surface area contributed by atoms with E-state index in [1.54, 1.807) is 58.2 Å². The zero-order chi connectivity index (χ0) is 35.5. The van der Waals surface area contributed by atoms with Gasteiger partial charge in [0.1, 0.15) is 23.1 Å². The highest BCUT2D eigenvalue weighted by Gasteiger charge is 2.79. The van der Waals surface area contributed by atoms with Gasteiger partial charge in [0.15, 0.2) is 0 Å². The molecule has 3 amide bonds. The van der Waals surface area contributed by atoms with Crippen molar-refractivity contribution in [3.63, 3.8) is 0 Å². The summed E-state index contributed by atoms with van der Waals surface area (Å²) in [4.78, 5) is 49.8. The number of benzene rings is 2. The predicted molar refractivity (Wildman–Crippen MR) is 190 cm³/mol. The monoisotopic (exact) mass is 673 g/mol. The van der Waals surface area contributed by atoms with Crippen LogP contribution in [0.3, 0.4) is 0 Å². The lowest BCUT2D eigenvalue weighted by Crippen LogP contribution is -2.59. The average molecular weight is 674 g/mol. The number of ether oxygens (including phenoxy) is 3. The predicted octanol–water partition coefficient (Wildman–Crippen LogP) is 5.39. The Kier molecular flexibility index (Phi) is 10.9. The molecule has 264 valence electrons. The molecule has 2 aromatic carbocycles. The van der Waals surface area contributed by atoms with E-state index < -0.39 is 35.1 Å². The second-order valence-corrected chi connectivity index (χ2v) is 13.6. The van der Waals surface area contributed by atoms with Crippen molar-refractivity contribution in [1.29, 1.82) is 0 Å². The van der Waals surface area contributed by atoms with Crippen LogP contribution >= 0.6 is 0 Å². The third-order valence-electron chi connectivity index (χ3n) is 10.5. The summed E-state index contributed by atoms with van der Waals surface area (Å²) >= 11 is 0. The minimum Gasteiger partial charge on any atom is -0.497 e. The average Bonchev–Trinajstić information content (AvgIpc) is 3.72. The first-order valence-corrected chi connectivity index (χ1v) is 17.4. The molecule has 3 saturated heterocycles. The Morgan fingerprint density at radius 1 is 0.980 bits per heavy atom. The van der Waals surface area contributed by atoms with E-state index in [0.717, 1.165) is 0 Å². The number of methoxy groups -OCH3 is 1. The second-order valence-electron chi connectivity index (χ2n) is 13.6. The number of amides is 3. The third kappa shape index (κ3) is 6.25. The van der Waals surface area contributed by atoms with Crippen LogP contribution in [0.5, 0.6) is 11.5 Å². The number of hydrogen-bond acceptors (Lipinski definition) is 7. The number of likely N-dealkylation sites (tertiary alicyclic amines) is 1. The van der Waals surface area contributed by atoms with E-state index >= 15 is 4.79 Å². The molecular weight excluding hydrogens is 622 g/mol. The lowest BCUT2D eigenvalue weighted by Gasteiger charge is -2.40. The first-order chi connectivity index (χ1) is 23.6. The summed E-state index contributed by atoms with van der Waals surface area (Å²) in [7, 11) is 1.58. The van der Waals surface area contributed by atoms with Crippen LogP contribution in [-0.4, -0.2) is 84.4 Å². The summed E-state index contributed by atoms with van der Waals surface area (Å²) in [5.41, 5.74) is -0.945. The zero-order valence-corrected chi connectivity index (χ0v) is 29.5. The van der Waals surface area contributed by atoms with Crippen LogP contribution in [0.15, 0.2) is 73.8 Å². The van der Waals surface area contributed by atoms with Crippen molar-refractivity contribution in [3.8, 4) is 11.5 Å². The Hall–Kier alpha value is -4.15. The van der Waals surface area contributed by atoms with E-state index in [9.17, 15) is 14.7 Å². The van der Waals surface area contributed by atoms with Crippen molar-refractivity contribution in [2.75, 3.05) is 43.2 Å². The molecule has 2 unspecified atom stereocenters. The lowest BCUT2D eigenvalue weighted by molar-refractivity contribution is -0.149. The maximum atomic E-state index is 15.1. The topological polar surface area (TPSA) is 109 Å². The SMILES string of the molecule is C=CCN(C(=O)C1N([C@@H](CO)CC(C)C)C(=O)[C@@H]2[C@@H](C(=O)N(CC=C)c3ccc(OCC)cc3)[C@@]3(CC)CCC12O3)c1ccc(OC)cc1. The fraction of sp³-hybridized carbons (Fsp3) is 0.513. The number of aliphatic hydroxyl groups excluding tert-OH is 1. The van der Waals surface area contributed by atoms with E-state index in [1.807, 2.05) is 52.0 Å². The number of aliphatic hydroxyl groups is 1. The molecule has 49 heavy (non-hydrogen) atoms. The van der Waals surface area contributed by atoms with Crippen molar-refractivity contribution in [3.05, 3.63) is 73.8 Å². The van der Waals surface area contributed by atoms with Gasteiger partial charge in [-0.1, -0.05) is 32.9 Å². The standard InChI is InChI=1S/C39H51N3O7/c1-8-22-40(27-14-18-31(19-15-27)48-11-4)35(44)32-33-36(45)42(29(25-43)24-26(5)6)34(39(33)21-20-38(32,10-3)49-39)37(46)41(23-9-2)28-12-16-30(47-7)17-13-28/h8-9,12-19,26,29,32-34,43H,1-2,10-11,20-25H2,3-7H3/t29-,32+,33+,34?,38-,39?/m1/s1. The molecule has 3 aliphatic rings. The smallest absolute Gasteiger partial charge is 0.253 e. The van der Waals surface area contributed by atoms with Gasteiger partial charge >= 0.3 is 0 Å². The quantitative estimate of drug-likeness (QED) is 0.238. The van der Waals surface area contributed by atoms with E-state index in [-0.39, 0.29) is 43.3 Å². The molecule has 3 heterocycles. The molecule has 3 fully saturated rings. The van der Waals surface area contributed by atoms with Gasteiger partial charge in [-0.25, -0.2) is 0 Å². The Bertz CT molecular complexity index is 1530. The number of carbonyl (C=O) groups is 3. The molecule has 0 aliphatic carbocycles. The van der Waals surface area contributed by atoms with Gasteiger partial charge in [-0.3, -0.25) is 14.4 Å². The van der Waals surface area contributed by atoms with Crippen molar-refractivity contribution in [2.45, 2.75) is 76.7 Å². The van der Waals surface area contributed by atoms with Crippen molar-refractivity contribution >= 4 is 29.1 Å². The molecule has 2 bridgehead atoms. The van der Waals surface area contributed by atoms with Crippen LogP contribution in [0.1, 0.15) is 53.4 Å². The minimum absolute atomic E-state index is 0.129. The normalized spacial score (nSPS) is 26.0. The fourth-order valence-corrected chi connectivity index (χ4v) is 8.39. The van der Waals surface area contributed by atoms with Crippen LogP contribution in [0.4, 0.5) is 11.4 Å². The summed E-state index contributed by atoms with van der Waals surface area (Å²) in [6.07, 6.45) is 5.23. The maximum absolute atomic E-state index is 15.1. The molecule has 3 aliphatic heterocycles. The van der Waals surface area contributed by atoms with Gasteiger partial charge in [0.2, 0.25) is 11.8 Å². The largest absolute Gasteiger partial charge is 0.497 e. The highest BCUT2D eigenvalue weighted by atomic mass is 16.5. The Morgan fingerprint density at radius 2 is 1.55 bits per heavy atom. The van der Waals surface area contributed by atoms with Gasteiger partial charge < -0.3 is 34.0 Å². The van der Waals surface area contributed by atoms with Gasteiger partial charge in [-0.2, -0.15) is 0 Å². The van der Waals surface area contributed by atoms with E-state index in [2.05, 4.69) is 13.2 Å². The van der Waals surface area contributed by atoms with Crippen molar-refractivity contribution in [1.82, 2.24) is 4.90 Å².